The zero-order valence-corrected chi connectivity index (χ0v) is 13.8. The van der Waals surface area contributed by atoms with Crippen molar-refractivity contribution in [2.24, 2.45) is 0 Å². The molecule has 0 aromatic carbocycles. The Balaban J connectivity index is 2.23. The van der Waals surface area contributed by atoms with Crippen LogP contribution in [0.25, 0.3) is 5.65 Å². The first kappa shape index (κ1) is 12.6. The van der Waals surface area contributed by atoms with Gasteiger partial charge in [-0.05, 0) is 47.6 Å². The van der Waals surface area contributed by atoms with Crippen molar-refractivity contribution in [3.8, 4) is 5.75 Å². The van der Waals surface area contributed by atoms with Gasteiger partial charge in [0.05, 0.1) is 7.11 Å². The molecule has 0 amide bonds. The van der Waals surface area contributed by atoms with Crippen molar-refractivity contribution in [2.75, 3.05) is 7.11 Å². The van der Waals surface area contributed by atoms with Gasteiger partial charge >= 0.3 is 0 Å². The lowest BCUT2D eigenvalue weighted by molar-refractivity contribution is -0.111. The highest BCUT2D eigenvalue weighted by atomic mass is 127. The van der Waals surface area contributed by atoms with Crippen LogP contribution in [0.4, 0.5) is 0 Å². The molecule has 0 unspecified atom stereocenters. The molecule has 2 heterocycles. The normalized spacial score (nSPS) is 16.8. The second kappa shape index (κ2) is 4.29. The first-order valence-electron chi connectivity index (χ1n) is 5.38. The summed E-state index contributed by atoms with van der Waals surface area (Å²) in [6.07, 6.45) is 1.68. The van der Waals surface area contributed by atoms with Gasteiger partial charge in [-0.15, -0.1) is 5.10 Å². The van der Waals surface area contributed by atoms with E-state index in [-0.39, 0.29) is 3.79 Å². The van der Waals surface area contributed by atoms with Crippen LogP contribution in [0.15, 0.2) is 12.1 Å². The molecule has 2 aromatic heterocycles. The number of hydrogen-bond donors (Lipinski definition) is 0. The molecule has 0 radical (unpaired) electrons. The number of halogens is 2. The summed E-state index contributed by atoms with van der Waals surface area (Å²) in [6.45, 7) is 0. The van der Waals surface area contributed by atoms with E-state index in [1.807, 2.05) is 34.7 Å². The lowest BCUT2D eigenvalue weighted by Gasteiger charge is -2.02. The van der Waals surface area contributed by atoms with E-state index in [0.29, 0.717) is 17.2 Å². The molecule has 0 aliphatic heterocycles. The fourth-order valence-corrected chi connectivity index (χ4v) is 3.20. The van der Waals surface area contributed by atoms with Gasteiger partial charge in [0, 0.05) is 22.6 Å². The zero-order chi connectivity index (χ0) is 12.9. The fourth-order valence-electron chi connectivity index (χ4n) is 1.91. The Morgan fingerprint density at radius 3 is 2.78 bits per heavy atom. The maximum Gasteiger partial charge on any atom is 0.206 e. The summed E-state index contributed by atoms with van der Waals surface area (Å²) in [5, 5.41) is 4.47. The lowest BCUT2D eigenvalue weighted by atomic mass is 10.1. The van der Waals surface area contributed by atoms with Crippen molar-refractivity contribution in [2.45, 2.75) is 18.3 Å². The molecule has 1 fully saturated rings. The number of hydrogen-bond acceptors (Lipinski definition) is 4. The first-order valence-corrected chi connectivity index (χ1v) is 7.54. The van der Waals surface area contributed by atoms with Crippen LogP contribution in [0.3, 0.4) is 0 Å². The van der Waals surface area contributed by atoms with Crippen molar-refractivity contribution in [3.63, 3.8) is 0 Å². The van der Waals surface area contributed by atoms with Gasteiger partial charge in [0.2, 0.25) is 3.79 Å². The van der Waals surface area contributed by atoms with E-state index in [4.69, 9.17) is 4.74 Å². The molecule has 1 saturated carbocycles. The van der Waals surface area contributed by atoms with Crippen molar-refractivity contribution >= 4 is 54.6 Å². The van der Waals surface area contributed by atoms with Gasteiger partial charge in [-0.25, -0.2) is 9.50 Å². The second-order valence-electron chi connectivity index (χ2n) is 4.25. The molecule has 0 saturated heterocycles. The van der Waals surface area contributed by atoms with Crippen LogP contribution in [0, 0.1) is 3.70 Å². The molecule has 0 atom stereocenters. The van der Waals surface area contributed by atoms with Gasteiger partial charge in [0.25, 0.3) is 0 Å². The number of methoxy groups -OCH3 is 1. The van der Waals surface area contributed by atoms with Crippen LogP contribution in [-0.4, -0.2) is 25.5 Å². The Morgan fingerprint density at radius 2 is 2.22 bits per heavy atom. The molecule has 1 aliphatic carbocycles. The van der Waals surface area contributed by atoms with Crippen LogP contribution in [0.1, 0.15) is 18.7 Å². The van der Waals surface area contributed by atoms with E-state index in [1.54, 1.807) is 11.6 Å². The van der Waals surface area contributed by atoms with E-state index < -0.39 is 5.41 Å². The summed E-state index contributed by atoms with van der Waals surface area (Å²) in [5.41, 5.74) is 0.212. The summed E-state index contributed by atoms with van der Waals surface area (Å²) in [5.74, 6) is 1.29. The molecule has 94 valence electrons. The van der Waals surface area contributed by atoms with Crippen LogP contribution < -0.4 is 4.74 Å². The Hall–Kier alpha value is -0.450. The lowest BCUT2D eigenvalue weighted by Crippen LogP contribution is -2.16. The van der Waals surface area contributed by atoms with E-state index >= 15 is 0 Å². The molecular weight excluding hydrogens is 460 g/mol. The second-order valence-corrected chi connectivity index (χ2v) is 6.34. The maximum atomic E-state index is 11.7. The molecular formula is C11H9I2N3O2. The number of carbonyl (C=O) groups excluding carboxylic acids is 1. The SMILES string of the molecule is COc1ccc(I)n2nc(C3(C(=O)I)CC3)nc12. The minimum Gasteiger partial charge on any atom is -0.493 e. The standard InChI is InChI=1S/C11H9I2N3O2/c1-18-6-2-3-7(12)16-8(6)14-10(15-16)11(4-5-11)9(13)17/h2-3H,4-5H2,1H3. The van der Waals surface area contributed by atoms with Gasteiger partial charge in [-0.1, -0.05) is 0 Å². The number of nitrogens with zero attached hydrogens (tertiary/aromatic N) is 3. The summed E-state index contributed by atoms with van der Waals surface area (Å²) in [6, 6.07) is 3.78. The monoisotopic (exact) mass is 469 g/mol. The summed E-state index contributed by atoms with van der Waals surface area (Å²) in [4.78, 5) is 16.2. The smallest absolute Gasteiger partial charge is 0.206 e. The quantitative estimate of drug-likeness (QED) is 0.394. The minimum atomic E-state index is -0.458. The minimum absolute atomic E-state index is 0.116. The topological polar surface area (TPSA) is 56.5 Å². The number of aromatic nitrogens is 3. The van der Waals surface area contributed by atoms with E-state index in [0.717, 1.165) is 16.5 Å². The maximum absolute atomic E-state index is 11.7. The molecule has 3 rings (SSSR count). The fraction of sp³-hybridized carbons (Fsp3) is 0.364. The van der Waals surface area contributed by atoms with Gasteiger partial charge in [0.15, 0.2) is 17.2 Å². The van der Waals surface area contributed by atoms with Crippen LogP contribution in [-0.2, 0) is 10.2 Å². The van der Waals surface area contributed by atoms with Crippen LogP contribution >= 0.6 is 45.2 Å². The van der Waals surface area contributed by atoms with Crippen molar-refractivity contribution < 1.29 is 9.53 Å². The number of fused-ring (bicyclic) bond motifs is 1. The zero-order valence-electron chi connectivity index (χ0n) is 9.48. The molecule has 2 aromatic rings. The Morgan fingerprint density at radius 1 is 1.50 bits per heavy atom. The van der Waals surface area contributed by atoms with Crippen LogP contribution in [0.5, 0.6) is 5.75 Å². The van der Waals surface area contributed by atoms with E-state index in [2.05, 4.69) is 32.7 Å². The van der Waals surface area contributed by atoms with Gasteiger partial charge in [0.1, 0.15) is 9.12 Å². The highest BCUT2D eigenvalue weighted by Gasteiger charge is 2.53. The number of pyridine rings is 1. The van der Waals surface area contributed by atoms with Gasteiger partial charge in [-0.3, -0.25) is 4.79 Å². The Kier molecular flexibility index (Phi) is 3.00. The average molecular weight is 469 g/mol. The largest absolute Gasteiger partial charge is 0.493 e. The molecule has 0 N–H and O–H groups in total. The predicted octanol–water partition coefficient (Wildman–Crippen LogP) is 2.34. The molecule has 0 spiro atoms. The van der Waals surface area contributed by atoms with Crippen molar-refractivity contribution in [3.05, 3.63) is 21.7 Å². The van der Waals surface area contributed by atoms with Crippen LogP contribution in [0.2, 0.25) is 0 Å². The van der Waals surface area contributed by atoms with Gasteiger partial charge in [-0.2, -0.15) is 0 Å². The predicted molar refractivity (Wildman–Crippen MR) is 82.2 cm³/mol. The summed E-state index contributed by atoms with van der Waals surface area (Å²) in [7, 11) is 1.60. The number of ether oxygens (including phenoxy) is 1. The van der Waals surface area contributed by atoms with Crippen molar-refractivity contribution in [1.29, 1.82) is 0 Å². The third-order valence-corrected chi connectivity index (χ3v) is 5.03. The molecule has 18 heavy (non-hydrogen) atoms. The molecule has 5 nitrogen and oxygen atoms in total. The molecule has 7 heteroatoms. The number of carbonyl (C=O) groups is 1. The summed E-state index contributed by atoms with van der Waals surface area (Å²) >= 11 is 4.03. The van der Waals surface area contributed by atoms with Gasteiger partial charge < -0.3 is 4.74 Å². The Labute approximate surface area is 131 Å². The molecule has 0 bridgehead atoms. The third kappa shape index (κ3) is 1.74. The summed E-state index contributed by atoms with van der Waals surface area (Å²) < 4.78 is 8.07. The highest BCUT2D eigenvalue weighted by Crippen LogP contribution is 2.49. The third-order valence-electron chi connectivity index (χ3n) is 3.18. The van der Waals surface area contributed by atoms with E-state index in [9.17, 15) is 4.79 Å². The van der Waals surface area contributed by atoms with E-state index in [1.165, 1.54) is 0 Å². The average Bonchev–Trinajstić information content (AvgIpc) is 3.04. The highest BCUT2D eigenvalue weighted by molar-refractivity contribution is 14.1. The number of rotatable bonds is 3. The Bertz CT molecular complexity index is 649. The van der Waals surface area contributed by atoms with Crippen molar-refractivity contribution in [1.82, 2.24) is 14.6 Å². The molecule has 1 aliphatic rings. The first-order chi connectivity index (χ1) is 8.58.